The zero-order chi connectivity index (χ0) is 18.6. The summed E-state index contributed by atoms with van der Waals surface area (Å²) in [5.41, 5.74) is 0.846. The summed E-state index contributed by atoms with van der Waals surface area (Å²) in [6.45, 7) is 0.463. The Labute approximate surface area is 159 Å². The average molecular weight is 369 g/mol. The molecule has 1 heterocycles. The topological polar surface area (TPSA) is 66.8 Å². The van der Waals surface area contributed by atoms with Crippen molar-refractivity contribution in [2.24, 2.45) is 17.3 Å². The molecular formula is C22H27NO4. The summed E-state index contributed by atoms with van der Waals surface area (Å²) < 4.78 is 5.56. The summed E-state index contributed by atoms with van der Waals surface area (Å²) in [6.07, 6.45) is 6.80. The number of rotatable bonds is 3. The Bertz CT molecular complexity index is 774. The van der Waals surface area contributed by atoms with Crippen LogP contribution in [0.15, 0.2) is 24.3 Å². The predicted octanol–water partition coefficient (Wildman–Crippen LogP) is 2.84. The molecule has 0 radical (unpaired) electrons. The van der Waals surface area contributed by atoms with Gasteiger partial charge in [-0.25, -0.2) is 0 Å². The molecule has 1 N–H and O–H groups in total. The second-order valence-corrected chi connectivity index (χ2v) is 9.32. The normalized spacial score (nSPS) is 36.4. The number of fused-ring (bicyclic) bond motifs is 1. The molecule has 4 atom stereocenters. The summed E-state index contributed by atoms with van der Waals surface area (Å²) in [7, 11) is 0. The van der Waals surface area contributed by atoms with Crippen LogP contribution >= 0.6 is 0 Å². The lowest BCUT2D eigenvalue weighted by Crippen LogP contribution is -2.58. The van der Waals surface area contributed by atoms with Crippen molar-refractivity contribution >= 4 is 17.6 Å². The summed E-state index contributed by atoms with van der Waals surface area (Å²) >= 11 is 0. The first-order chi connectivity index (χ1) is 13.0. The molecule has 2 unspecified atom stereocenters. The lowest BCUT2D eigenvalue weighted by molar-refractivity contribution is -0.196. The molecule has 144 valence electrons. The number of esters is 1. The second-order valence-electron chi connectivity index (χ2n) is 9.32. The number of anilines is 1. The summed E-state index contributed by atoms with van der Waals surface area (Å²) in [4.78, 5) is 27.5. The van der Waals surface area contributed by atoms with Gasteiger partial charge in [-0.1, -0.05) is 18.2 Å². The monoisotopic (exact) mass is 369 g/mol. The molecule has 1 aliphatic heterocycles. The maximum Gasteiger partial charge on any atom is 0.312 e. The number of carbonyl (C=O) groups is 2. The lowest BCUT2D eigenvalue weighted by Gasteiger charge is -2.58. The lowest BCUT2D eigenvalue weighted by atomic mass is 9.48. The van der Waals surface area contributed by atoms with Crippen molar-refractivity contribution in [2.45, 2.75) is 57.0 Å². The Kier molecular flexibility index (Phi) is 3.87. The summed E-state index contributed by atoms with van der Waals surface area (Å²) in [6, 6.07) is 7.94. The first kappa shape index (κ1) is 17.2. The minimum Gasteiger partial charge on any atom is -0.455 e. The third kappa shape index (κ3) is 2.87. The van der Waals surface area contributed by atoms with Crippen molar-refractivity contribution in [3.8, 4) is 0 Å². The van der Waals surface area contributed by atoms with Crippen LogP contribution < -0.4 is 4.90 Å². The Morgan fingerprint density at radius 3 is 2.63 bits per heavy atom. The number of nitrogens with zero attached hydrogens (tertiary/aromatic N) is 1. The maximum atomic E-state index is 13.0. The molecule has 1 aromatic carbocycles. The van der Waals surface area contributed by atoms with Gasteiger partial charge in [-0.3, -0.25) is 9.59 Å². The van der Waals surface area contributed by atoms with E-state index in [-0.39, 0.29) is 18.5 Å². The van der Waals surface area contributed by atoms with E-state index in [1.54, 1.807) is 4.90 Å². The van der Waals surface area contributed by atoms with Crippen LogP contribution in [0.2, 0.25) is 0 Å². The van der Waals surface area contributed by atoms with Crippen LogP contribution in [-0.2, 0) is 20.7 Å². The van der Waals surface area contributed by atoms with E-state index >= 15 is 0 Å². The highest BCUT2D eigenvalue weighted by atomic mass is 16.5. The van der Waals surface area contributed by atoms with Crippen LogP contribution in [0.4, 0.5) is 5.69 Å². The second kappa shape index (κ2) is 6.06. The van der Waals surface area contributed by atoms with Gasteiger partial charge >= 0.3 is 5.97 Å². The molecule has 4 bridgehead atoms. The van der Waals surface area contributed by atoms with Crippen molar-refractivity contribution < 1.29 is 19.4 Å². The fraction of sp³-hybridized carbons (Fsp3) is 0.636. The standard InChI is InChI=1S/C22H27NO4/c24-19(23-7-3-5-17-4-1-2-6-18(17)23)13-27-20(25)21-9-15-8-16(10-21)12-22(26,11-15)14-21/h1-2,4,6,15-16,26H,3,5,7-14H2/t15-,16+,21?,22?. The number of hydrogen-bond acceptors (Lipinski definition) is 4. The van der Waals surface area contributed by atoms with Crippen LogP contribution in [-0.4, -0.2) is 35.7 Å². The molecular weight excluding hydrogens is 342 g/mol. The minimum absolute atomic E-state index is 0.154. The molecule has 4 fully saturated rings. The van der Waals surface area contributed by atoms with E-state index in [0.29, 0.717) is 24.8 Å². The van der Waals surface area contributed by atoms with E-state index in [9.17, 15) is 14.7 Å². The number of hydrogen-bond donors (Lipinski definition) is 1. The van der Waals surface area contributed by atoms with E-state index in [4.69, 9.17) is 4.74 Å². The Morgan fingerprint density at radius 2 is 1.89 bits per heavy atom. The maximum absolute atomic E-state index is 13.0. The van der Waals surface area contributed by atoms with Gasteiger partial charge in [-0.05, 0) is 74.8 Å². The van der Waals surface area contributed by atoms with Gasteiger partial charge in [-0.15, -0.1) is 0 Å². The summed E-state index contributed by atoms with van der Waals surface area (Å²) in [5, 5.41) is 10.8. The molecule has 4 aliphatic carbocycles. The van der Waals surface area contributed by atoms with Crippen molar-refractivity contribution in [3.63, 3.8) is 0 Å². The molecule has 5 heteroatoms. The van der Waals surface area contributed by atoms with E-state index in [2.05, 4.69) is 6.07 Å². The van der Waals surface area contributed by atoms with Crippen molar-refractivity contribution in [1.29, 1.82) is 0 Å². The van der Waals surface area contributed by atoms with E-state index < -0.39 is 11.0 Å². The molecule has 5 aliphatic rings. The highest BCUT2D eigenvalue weighted by molar-refractivity contribution is 5.96. The molecule has 0 spiro atoms. The van der Waals surface area contributed by atoms with Gasteiger partial charge in [0.25, 0.3) is 5.91 Å². The van der Waals surface area contributed by atoms with Crippen molar-refractivity contribution in [1.82, 2.24) is 0 Å². The van der Waals surface area contributed by atoms with Gasteiger partial charge in [0.2, 0.25) is 0 Å². The zero-order valence-corrected chi connectivity index (χ0v) is 15.7. The van der Waals surface area contributed by atoms with Gasteiger partial charge in [0.1, 0.15) is 0 Å². The Balaban J connectivity index is 1.27. The molecule has 1 amide bonds. The zero-order valence-electron chi connectivity index (χ0n) is 15.7. The van der Waals surface area contributed by atoms with Gasteiger partial charge in [0, 0.05) is 12.2 Å². The number of carbonyl (C=O) groups excluding carboxylic acids is 2. The van der Waals surface area contributed by atoms with Gasteiger partial charge < -0.3 is 14.7 Å². The molecule has 5 nitrogen and oxygen atoms in total. The fourth-order valence-electron chi connectivity index (χ4n) is 6.60. The van der Waals surface area contributed by atoms with Crippen LogP contribution in [0, 0.1) is 17.3 Å². The SMILES string of the molecule is O=C(COC(=O)C12C[C@@H]3C[C@@H](CC(O)(C3)C1)C2)N1CCCc2ccccc21. The highest BCUT2D eigenvalue weighted by Crippen LogP contribution is 2.61. The third-order valence-corrected chi connectivity index (χ3v) is 7.20. The molecule has 27 heavy (non-hydrogen) atoms. The molecule has 0 saturated heterocycles. The average Bonchev–Trinajstić information content (AvgIpc) is 2.63. The van der Waals surface area contributed by atoms with Gasteiger partial charge in [0.05, 0.1) is 11.0 Å². The molecule has 4 saturated carbocycles. The number of aryl methyl sites for hydroxylation is 1. The number of para-hydroxylation sites is 1. The highest BCUT2D eigenvalue weighted by Gasteiger charge is 2.60. The van der Waals surface area contributed by atoms with Crippen LogP contribution in [0.1, 0.15) is 50.5 Å². The Hall–Kier alpha value is -1.88. The van der Waals surface area contributed by atoms with E-state index in [1.165, 1.54) is 5.56 Å². The molecule has 0 aromatic heterocycles. The Morgan fingerprint density at radius 1 is 1.15 bits per heavy atom. The van der Waals surface area contributed by atoms with Crippen LogP contribution in [0.3, 0.4) is 0 Å². The quantitative estimate of drug-likeness (QED) is 0.832. The van der Waals surface area contributed by atoms with E-state index in [0.717, 1.165) is 50.6 Å². The first-order valence-electron chi connectivity index (χ1n) is 10.2. The summed E-state index contributed by atoms with van der Waals surface area (Å²) in [5.74, 6) is 0.426. The fourth-order valence-corrected chi connectivity index (χ4v) is 6.60. The number of benzene rings is 1. The predicted molar refractivity (Wildman–Crippen MR) is 100 cm³/mol. The van der Waals surface area contributed by atoms with Crippen LogP contribution in [0.5, 0.6) is 0 Å². The largest absolute Gasteiger partial charge is 0.455 e. The molecule has 1 aromatic rings. The first-order valence-corrected chi connectivity index (χ1v) is 10.2. The van der Waals surface area contributed by atoms with Gasteiger partial charge in [0.15, 0.2) is 6.61 Å². The molecule has 6 rings (SSSR count). The number of aliphatic hydroxyl groups is 1. The minimum atomic E-state index is -0.696. The number of ether oxygens (including phenoxy) is 1. The number of amides is 1. The van der Waals surface area contributed by atoms with Crippen molar-refractivity contribution in [3.05, 3.63) is 29.8 Å². The van der Waals surface area contributed by atoms with Crippen LogP contribution in [0.25, 0.3) is 0 Å². The van der Waals surface area contributed by atoms with Crippen molar-refractivity contribution in [2.75, 3.05) is 18.1 Å². The van der Waals surface area contributed by atoms with Gasteiger partial charge in [-0.2, -0.15) is 0 Å². The van der Waals surface area contributed by atoms with E-state index in [1.807, 2.05) is 18.2 Å². The third-order valence-electron chi connectivity index (χ3n) is 7.20. The smallest absolute Gasteiger partial charge is 0.312 e.